The van der Waals surface area contributed by atoms with Gasteiger partial charge in [-0.2, -0.15) is 0 Å². The molecule has 1 N–H and O–H groups in total. The molecule has 0 radical (unpaired) electrons. The van der Waals surface area contributed by atoms with E-state index < -0.39 is 0 Å². The number of hydrogen-bond donors (Lipinski definition) is 1. The Kier molecular flexibility index (Phi) is 3.28. The quantitative estimate of drug-likeness (QED) is 0.650. The Bertz CT molecular complexity index is 205. The van der Waals surface area contributed by atoms with Crippen LogP contribution in [0.5, 0.6) is 0 Å². The molecule has 0 amide bonds. The van der Waals surface area contributed by atoms with Crippen LogP contribution in [0.1, 0.15) is 41.0 Å². The highest BCUT2D eigenvalue weighted by Crippen LogP contribution is 2.24. The SMILES string of the molecule is CC1CC(C)SC(NC(C)(C)C)=N1. The first-order valence-electron chi connectivity index (χ1n) is 4.89. The fraction of sp³-hybridized carbons (Fsp3) is 0.900. The summed E-state index contributed by atoms with van der Waals surface area (Å²) in [7, 11) is 0. The van der Waals surface area contributed by atoms with Crippen LogP contribution in [0.15, 0.2) is 4.99 Å². The molecule has 0 aromatic carbocycles. The van der Waals surface area contributed by atoms with Gasteiger partial charge in [-0.25, -0.2) is 0 Å². The molecule has 13 heavy (non-hydrogen) atoms. The summed E-state index contributed by atoms with van der Waals surface area (Å²) < 4.78 is 0. The molecule has 0 fully saturated rings. The molecule has 2 atom stereocenters. The topological polar surface area (TPSA) is 24.4 Å². The van der Waals surface area contributed by atoms with Crippen molar-refractivity contribution in [2.45, 2.75) is 57.9 Å². The maximum Gasteiger partial charge on any atom is 0.157 e. The van der Waals surface area contributed by atoms with E-state index >= 15 is 0 Å². The first-order chi connectivity index (χ1) is 5.87. The maximum atomic E-state index is 4.59. The molecule has 0 spiro atoms. The van der Waals surface area contributed by atoms with E-state index in [9.17, 15) is 0 Å². The van der Waals surface area contributed by atoms with Gasteiger partial charge < -0.3 is 5.32 Å². The summed E-state index contributed by atoms with van der Waals surface area (Å²) in [4.78, 5) is 4.59. The third kappa shape index (κ3) is 4.03. The van der Waals surface area contributed by atoms with Gasteiger partial charge in [-0.3, -0.25) is 4.99 Å². The predicted octanol–water partition coefficient (Wildman–Crippen LogP) is 2.64. The lowest BCUT2D eigenvalue weighted by Crippen LogP contribution is -2.41. The summed E-state index contributed by atoms with van der Waals surface area (Å²) in [6, 6.07) is 0.473. The molecule has 0 bridgehead atoms. The highest BCUT2D eigenvalue weighted by atomic mass is 32.2. The van der Waals surface area contributed by atoms with Crippen molar-refractivity contribution in [2.24, 2.45) is 4.99 Å². The first-order valence-corrected chi connectivity index (χ1v) is 5.77. The fourth-order valence-corrected chi connectivity index (χ4v) is 2.75. The third-order valence-electron chi connectivity index (χ3n) is 1.81. The fourth-order valence-electron chi connectivity index (χ4n) is 1.38. The lowest BCUT2D eigenvalue weighted by Gasteiger charge is -2.28. The van der Waals surface area contributed by atoms with Gasteiger partial charge in [0.05, 0.1) is 6.04 Å². The summed E-state index contributed by atoms with van der Waals surface area (Å²) in [6.45, 7) is 10.9. The highest BCUT2D eigenvalue weighted by Gasteiger charge is 2.21. The van der Waals surface area contributed by atoms with Crippen LogP contribution in [0, 0.1) is 0 Å². The van der Waals surface area contributed by atoms with Gasteiger partial charge in [0.25, 0.3) is 0 Å². The molecular formula is C10H20N2S. The third-order valence-corrected chi connectivity index (χ3v) is 2.83. The first kappa shape index (κ1) is 10.9. The maximum absolute atomic E-state index is 4.59. The van der Waals surface area contributed by atoms with E-state index in [-0.39, 0.29) is 5.54 Å². The molecule has 0 aromatic heterocycles. The number of rotatable bonds is 0. The van der Waals surface area contributed by atoms with E-state index in [4.69, 9.17) is 0 Å². The number of thioether (sulfide) groups is 1. The van der Waals surface area contributed by atoms with Crippen molar-refractivity contribution in [3.63, 3.8) is 0 Å². The molecule has 3 heteroatoms. The van der Waals surface area contributed by atoms with Gasteiger partial charge in [-0.1, -0.05) is 18.7 Å². The minimum atomic E-state index is 0.128. The minimum absolute atomic E-state index is 0.128. The molecule has 0 aromatic rings. The van der Waals surface area contributed by atoms with Gasteiger partial charge in [0.1, 0.15) is 0 Å². The van der Waals surface area contributed by atoms with Crippen LogP contribution in [0.2, 0.25) is 0 Å². The summed E-state index contributed by atoms with van der Waals surface area (Å²) >= 11 is 1.86. The summed E-state index contributed by atoms with van der Waals surface area (Å²) in [6.07, 6.45) is 1.19. The van der Waals surface area contributed by atoms with Crippen LogP contribution in [-0.2, 0) is 0 Å². The van der Waals surface area contributed by atoms with E-state index in [1.54, 1.807) is 0 Å². The van der Waals surface area contributed by atoms with Crippen LogP contribution in [-0.4, -0.2) is 22.0 Å². The average Bonchev–Trinajstić information content (AvgIpc) is 1.78. The summed E-state index contributed by atoms with van der Waals surface area (Å²) in [5, 5.41) is 5.23. The van der Waals surface area contributed by atoms with Crippen LogP contribution >= 0.6 is 11.8 Å². The number of nitrogens with one attached hydrogen (secondary N) is 1. The normalized spacial score (nSPS) is 29.8. The monoisotopic (exact) mass is 200 g/mol. The smallest absolute Gasteiger partial charge is 0.157 e. The Morgan fingerprint density at radius 1 is 1.38 bits per heavy atom. The van der Waals surface area contributed by atoms with Gasteiger partial charge in [0.2, 0.25) is 0 Å². The van der Waals surface area contributed by atoms with E-state index in [2.05, 4.69) is 44.9 Å². The standard InChI is InChI=1S/C10H20N2S/c1-7-6-8(2)13-9(11-7)12-10(3,4)5/h7-8H,6H2,1-5H3,(H,11,12). The van der Waals surface area contributed by atoms with E-state index in [0.717, 1.165) is 5.17 Å². The molecule has 2 unspecified atom stereocenters. The van der Waals surface area contributed by atoms with Gasteiger partial charge in [-0.05, 0) is 34.1 Å². The molecule has 1 aliphatic heterocycles. The molecule has 0 saturated heterocycles. The van der Waals surface area contributed by atoms with E-state index in [1.807, 2.05) is 11.8 Å². The zero-order valence-corrected chi connectivity index (χ0v) is 10.0. The Morgan fingerprint density at radius 3 is 2.46 bits per heavy atom. The van der Waals surface area contributed by atoms with E-state index in [0.29, 0.717) is 11.3 Å². The van der Waals surface area contributed by atoms with Gasteiger partial charge in [-0.15, -0.1) is 0 Å². The molecule has 1 aliphatic rings. The lowest BCUT2D eigenvalue weighted by molar-refractivity contribution is 0.510. The van der Waals surface area contributed by atoms with Crippen molar-refractivity contribution in [3.05, 3.63) is 0 Å². The molecule has 76 valence electrons. The Hall–Kier alpha value is -0.180. The second-order valence-corrected chi connectivity index (χ2v) is 6.25. The summed E-state index contributed by atoms with van der Waals surface area (Å²) in [5.74, 6) is 0. The van der Waals surface area contributed by atoms with Crippen molar-refractivity contribution < 1.29 is 0 Å². The number of nitrogens with zero attached hydrogens (tertiary/aromatic N) is 1. The van der Waals surface area contributed by atoms with E-state index in [1.165, 1.54) is 6.42 Å². The lowest BCUT2D eigenvalue weighted by atomic mass is 10.1. The molecule has 0 saturated carbocycles. The second-order valence-electron chi connectivity index (χ2n) is 4.82. The van der Waals surface area contributed by atoms with Gasteiger partial charge in [0, 0.05) is 10.8 Å². The van der Waals surface area contributed by atoms with Gasteiger partial charge >= 0.3 is 0 Å². The zero-order valence-electron chi connectivity index (χ0n) is 9.22. The Morgan fingerprint density at radius 2 is 2.00 bits per heavy atom. The summed E-state index contributed by atoms with van der Waals surface area (Å²) in [5.41, 5.74) is 0.128. The van der Waals surface area contributed by atoms with Crippen LogP contribution < -0.4 is 5.32 Å². The number of hydrogen-bond acceptors (Lipinski definition) is 3. The molecule has 2 nitrogen and oxygen atoms in total. The van der Waals surface area contributed by atoms with Crippen LogP contribution in [0.25, 0.3) is 0 Å². The van der Waals surface area contributed by atoms with Crippen LogP contribution in [0.4, 0.5) is 0 Å². The Labute approximate surface area is 85.6 Å². The van der Waals surface area contributed by atoms with Crippen molar-refractivity contribution in [1.29, 1.82) is 0 Å². The van der Waals surface area contributed by atoms with Crippen molar-refractivity contribution in [2.75, 3.05) is 0 Å². The van der Waals surface area contributed by atoms with Crippen molar-refractivity contribution >= 4 is 16.9 Å². The number of amidine groups is 1. The number of aliphatic imine (C=N–C) groups is 1. The average molecular weight is 200 g/mol. The molecule has 1 rings (SSSR count). The predicted molar refractivity (Wildman–Crippen MR) is 61.5 cm³/mol. The molecular weight excluding hydrogens is 180 g/mol. The highest BCUT2D eigenvalue weighted by molar-refractivity contribution is 8.14. The van der Waals surface area contributed by atoms with Crippen molar-refractivity contribution in [1.82, 2.24) is 5.32 Å². The van der Waals surface area contributed by atoms with Crippen LogP contribution in [0.3, 0.4) is 0 Å². The molecule has 0 aliphatic carbocycles. The Balaban J connectivity index is 2.59. The molecule has 1 heterocycles. The minimum Gasteiger partial charge on any atom is -0.360 e. The largest absolute Gasteiger partial charge is 0.360 e. The van der Waals surface area contributed by atoms with Gasteiger partial charge in [0.15, 0.2) is 5.17 Å². The zero-order chi connectivity index (χ0) is 10.1. The van der Waals surface area contributed by atoms with Crippen molar-refractivity contribution in [3.8, 4) is 0 Å². The second kappa shape index (κ2) is 3.91.